The molecule has 3 aromatic rings. The zero-order valence-corrected chi connectivity index (χ0v) is 20.3. The molecule has 9 heteroatoms. The molecule has 6 nitrogen and oxygen atoms in total. The summed E-state index contributed by atoms with van der Waals surface area (Å²) in [6.45, 7) is 5.11. The highest BCUT2D eigenvalue weighted by atomic mass is 32.2. The number of fused-ring (bicyclic) bond motifs is 1. The maximum Gasteiger partial charge on any atom is 0.228 e. The molecule has 1 aromatic heterocycles. The Morgan fingerprint density at radius 3 is 2.58 bits per heavy atom. The predicted molar refractivity (Wildman–Crippen MR) is 128 cm³/mol. The van der Waals surface area contributed by atoms with Crippen LogP contribution >= 0.6 is 11.3 Å². The second-order valence-corrected chi connectivity index (χ2v) is 11.5. The van der Waals surface area contributed by atoms with Crippen LogP contribution in [0.2, 0.25) is 0 Å². The molecule has 0 bridgehead atoms. The lowest BCUT2D eigenvalue weighted by molar-refractivity contribution is -0.119. The van der Waals surface area contributed by atoms with Crippen molar-refractivity contribution < 1.29 is 22.3 Å². The number of anilines is 1. The molecule has 1 saturated heterocycles. The number of hydrogen-bond donors (Lipinski definition) is 0. The van der Waals surface area contributed by atoms with Crippen LogP contribution in [0.15, 0.2) is 41.3 Å². The molecule has 0 N–H and O–H groups in total. The first-order valence-corrected chi connectivity index (χ1v) is 13.5. The molecule has 0 radical (unpaired) electrons. The molecule has 33 heavy (non-hydrogen) atoms. The fraction of sp³-hybridized carbons (Fsp3) is 0.417. The Morgan fingerprint density at radius 2 is 1.91 bits per heavy atom. The Kier molecular flexibility index (Phi) is 7.11. The van der Waals surface area contributed by atoms with Gasteiger partial charge in [-0.15, -0.1) is 0 Å². The van der Waals surface area contributed by atoms with Gasteiger partial charge in [-0.05, 0) is 68.5 Å². The molecule has 1 aliphatic rings. The minimum Gasteiger partial charge on any atom is -0.376 e. The maximum atomic E-state index is 13.2. The molecule has 4 rings (SSSR count). The molecule has 0 spiro atoms. The van der Waals surface area contributed by atoms with Crippen LogP contribution in [0.5, 0.6) is 0 Å². The molecule has 1 aliphatic heterocycles. The van der Waals surface area contributed by atoms with Gasteiger partial charge < -0.3 is 4.74 Å². The van der Waals surface area contributed by atoms with E-state index in [1.807, 2.05) is 26.0 Å². The smallest absolute Gasteiger partial charge is 0.228 e. The van der Waals surface area contributed by atoms with Gasteiger partial charge in [0.05, 0.1) is 33.5 Å². The molecule has 0 aliphatic carbocycles. The first-order valence-electron chi connectivity index (χ1n) is 11.0. The van der Waals surface area contributed by atoms with Gasteiger partial charge in [-0.1, -0.05) is 23.5 Å². The first-order chi connectivity index (χ1) is 15.7. The second-order valence-electron chi connectivity index (χ2n) is 8.39. The fourth-order valence-corrected chi connectivity index (χ4v) is 6.40. The van der Waals surface area contributed by atoms with Crippen LogP contribution in [0.25, 0.3) is 10.2 Å². The summed E-state index contributed by atoms with van der Waals surface area (Å²) in [6.07, 6.45) is 2.03. The molecular formula is C24H27FN2O4S2. The number of halogens is 1. The fourth-order valence-electron chi connectivity index (χ4n) is 3.95. The SMILES string of the molecule is Cc1ccc(C)c2sc(N(CC3CCCO3)C(=O)CCCS(=O)(=O)c3ccc(F)cc3)nc12. The summed E-state index contributed by atoms with van der Waals surface area (Å²) in [6, 6.07) is 8.82. The second kappa shape index (κ2) is 9.87. The maximum absolute atomic E-state index is 13.2. The Morgan fingerprint density at radius 1 is 1.18 bits per heavy atom. The van der Waals surface area contributed by atoms with Crippen molar-refractivity contribution >= 4 is 42.4 Å². The summed E-state index contributed by atoms with van der Waals surface area (Å²) in [5, 5.41) is 0.615. The largest absolute Gasteiger partial charge is 0.376 e. The van der Waals surface area contributed by atoms with Crippen molar-refractivity contribution in [2.24, 2.45) is 0 Å². The van der Waals surface area contributed by atoms with Gasteiger partial charge in [0.2, 0.25) is 5.91 Å². The number of ether oxygens (including phenoxy) is 1. The summed E-state index contributed by atoms with van der Waals surface area (Å²) < 4.78 is 45.0. The predicted octanol–water partition coefficient (Wildman–Crippen LogP) is 4.82. The van der Waals surface area contributed by atoms with Crippen molar-refractivity contribution in [3.05, 3.63) is 53.3 Å². The zero-order chi connectivity index (χ0) is 23.6. The minimum absolute atomic E-state index is 0.0499. The van der Waals surface area contributed by atoms with Gasteiger partial charge in [0, 0.05) is 13.0 Å². The van der Waals surface area contributed by atoms with Gasteiger partial charge in [-0.25, -0.2) is 17.8 Å². The first kappa shape index (κ1) is 23.8. The van der Waals surface area contributed by atoms with Crippen LogP contribution in [-0.4, -0.2) is 44.3 Å². The molecule has 176 valence electrons. The zero-order valence-electron chi connectivity index (χ0n) is 18.7. The van der Waals surface area contributed by atoms with Crippen LogP contribution in [0.1, 0.15) is 36.8 Å². The lowest BCUT2D eigenvalue weighted by Crippen LogP contribution is -2.37. The number of hydrogen-bond acceptors (Lipinski definition) is 6. The van der Waals surface area contributed by atoms with Gasteiger partial charge in [0.1, 0.15) is 5.82 Å². The van der Waals surface area contributed by atoms with Crippen molar-refractivity contribution in [2.45, 2.75) is 50.5 Å². The van der Waals surface area contributed by atoms with Crippen LogP contribution in [0.4, 0.5) is 9.52 Å². The molecule has 2 heterocycles. The van der Waals surface area contributed by atoms with Crippen molar-refractivity contribution in [3.8, 4) is 0 Å². The highest BCUT2D eigenvalue weighted by Gasteiger charge is 2.27. The Bertz CT molecular complexity index is 1210. The number of sulfone groups is 1. The van der Waals surface area contributed by atoms with Gasteiger partial charge in [-0.2, -0.15) is 0 Å². The molecule has 0 saturated carbocycles. The van der Waals surface area contributed by atoms with Gasteiger partial charge >= 0.3 is 0 Å². The van der Waals surface area contributed by atoms with E-state index in [4.69, 9.17) is 9.72 Å². The third kappa shape index (κ3) is 5.42. The molecular weight excluding hydrogens is 463 g/mol. The van der Waals surface area contributed by atoms with E-state index in [0.717, 1.165) is 46.3 Å². The molecule has 2 aromatic carbocycles. The third-order valence-corrected chi connectivity index (χ3v) is 8.88. The van der Waals surface area contributed by atoms with Crippen LogP contribution in [-0.2, 0) is 19.4 Å². The monoisotopic (exact) mass is 490 g/mol. The van der Waals surface area contributed by atoms with E-state index in [0.29, 0.717) is 18.3 Å². The molecule has 1 unspecified atom stereocenters. The number of carbonyl (C=O) groups excluding carboxylic acids is 1. The summed E-state index contributed by atoms with van der Waals surface area (Å²) >= 11 is 1.48. The Balaban J connectivity index is 1.51. The lowest BCUT2D eigenvalue weighted by atomic mass is 10.1. The van der Waals surface area contributed by atoms with Gasteiger partial charge in [0.25, 0.3) is 0 Å². The Labute approximate surface area is 197 Å². The van der Waals surface area contributed by atoms with E-state index in [9.17, 15) is 17.6 Å². The van der Waals surface area contributed by atoms with Crippen molar-refractivity contribution in [2.75, 3.05) is 23.8 Å². The molecule has 1 amide bonds. The van der Waals surface area contributed by atoms with Crippen molar-refractivity contribution in [1.29, 1.82) is 0 Å². The van der Waals surface area contributed by atoms with E-state index in [2.05, 4.69) is 0 Å². The molecule has 1 atom stereocenters. The van der Waals surface area contributed by atoms with Crippen molar-refractivity contribution in [1.82, 2.24) is 4.98 Å². The number of benzene rings is 2. The normalized spacial score (nSPS) is 16.4. The molecule has 1 fully saturated rings. The number of amides is 1. The van der Waals surface area contributed by atoms with Gasteiger partial charge in [-0.3, -0.25) is 9.69 Å². The topological polar surface area (TPSA) is 76.6 Å². The van der Waals surface area contributed by atoms with E-state index in [-0.39, 0.29) is 35.5 Å². The average molecular weight is 491 g/mol. The van der Waals surface area contributed by atoms with E-state index >= 15 is 0 Å². The minimum atomic E-state index is -3.59. The van der Waals surface area contributed by atoms with E-state index < -0.39 is 15.7 Å². The lowest BCUT2D eigenvalue weighted by Gasteiger charge is -2.23. The standard InChI is InChI=1S/C24H27FN2O4S2/c1-16-7-8-17(2)23-22(16)26-24(32-23)27(15-19-5-3-13-31-19)21(28)6-4-14-33(29,30)20-11-9-18(25)10-12-20/h7-12,19H,3-6,13-15H2,1-2H3. The number of rotatable bonds is 8. The highest BCUT2D eigenvalue weighted by molar-refractivity contribution is 7.91. The summed E-state index contributed by atoms with van der Waals surface area (Å²) in [4.78, 5) is 19.7. The summed E-state index contributed by atoms with van der Waals surface area (Å²) in [5.74, 6) is -0.847. The van der Waals surface area contributed by atoms with Crippen LogP contribution in [0.3, 0.4) is 0 Å². The van der Waals surface area contributed by atoms with E-state index in [1.54, 1.807) is 4.90 Å². The van der Waals surface area contributed by atoms with Crippen molar-refractivity contribution in [3.63, 3.8) is 0 Å². The summed E-state index contributed by atoms with van der Waals surface area (Å²) in [5.41, 5.74) is 3.04. The van der Waals surface area contributed by atoms with Crippen LogP contribution in [0, 0.1) is 19.7 Å². The highest BCUT2D eigenvalue weighted by Crippen LogP contribution is 2.34. The van der Waals surface area contributed by atoms with Crippen LogP contribution < -0.4 is 4.90 Å². The Hall–Kier alpha value is -2.36. The average Bonchev–Trinajstić information content (AvgIpc) is 3.45. The third-order valence-electron chi connectivity index (χ3n) is 5.85. The quantitative estimate of drug-likeness (QED) is 0.423. The van der Waals surface area contributed by atoms with E-state index in [1.165, 1.54) is 23.5 Å². The number of thiazole rings is 1. The van der Waals surface area contributed by atoms with Gasteiger partial charge in [0.15, 0.2) is 15.0 Å². The summed E-state index contributed by atoms with van der Waals surface area (Å²) in [7, 11) is -3.59. The number of aryl methyl sites for hydroxylation is 2. The number of carbonyl (C=O) groups is 1. The number of aromatic nitrogens is 1. The number of nitrogens with zero attached hydrogens (tertiary/aromatic N) is 2.